The molecule has 146 valence electrons. The van der Waals surface area contributed by atoms with Gasteiger partial charge in [0.25, 0.3) is 5.56 Å². The van der Waals surface area contributed by atoms with E-state index in [-0.39, 0.29) is 16.9 Å². The van der Waals surface area contributed by atoms with Crippen molar-refractivity contribution < 1.29 is 18.3 Å². The molecular weight excluding hydrogens is 375 g/mol. The second-order valence-electron chi connectivity index (χ2n) is 6.53. The molecule has 3 aromatic rings. The van der Waals surface area contributed by atoms with Crippen LogP contribution in [0.4, 0.5) is 30.6 Å². The third kappa shape index (κ3) is 3.50. The first-order chi connectivity index (χ1) is 13.3. The lowest BCUT2D eigenvalue weighted by Crippen LogP contribution is -2.24. The highest BCUT2D eigenvalue weighted by Gasteiger charge is 2.30. The van der Waals surface area contributed by atoms with Crippen LogP contribution in [0.1, 0.15) is 12.0 Å². The molecule has 7 nitrogen and oxygen atoms in total. The Labute approximate surface area is 156 Å². The Morgan fingerprint density at radius 1 is 1.25 bits per heavy atom. The molecule has 3 N–H and O–H groups in total. The number of aromatic amines is 1. The molecular formula is C18H16F3N5O2. The first-order valence-corrected chi connectivity index (χ1v) is 8.58. The Morgan fingerprint density at radius 3 is 2.79 bits per heavy atom. The maximum Gasteiger partial charge on any atom is 0.416 e. The van der Waals surface area contributed by atoms with E-state index < -0.39 is 23.4 Å². The Kier molecular flexibility index (Phi) is 4.42. The first-order valence-electron chi connectivity index (χ1n) is 8.58. The van der Waals surface area contributed by atoms with Crippen molar-refractivity contribution in [3.8, 4) is 0 Å². The van der Waals surface area contributed by atoms with Crippen LogP contribution in [0.15, 0.2) is 41.3 Å². The number of nitrogens with one attached hydrogen (secondary N) is 2. The third-order valence-corrected chi connectivity index (χ3v) is 4.51. The topological polar surface area (TPSA) is 94.1 Å². The number of halogens is 3. The monoisotopic (exact) mass is 391 g/mol. The van der Waals surface area contributed by atoms with E-state index in [1.165, 1.54) is 18.3 Å². The van der Waals surface area contributed by atoms with Crippen LogP contribution < -0.4 is 15.8 Å². The van der Waals surface area contributed by atoms with Crippen LogP contribution in [-0.4, -0.2) is 39.3 Å². The van der Waals surface area contributed by atoms with Crippen LogP contribution in [0.25, 0.3) is 10.9 Å². The molecule has 0 unspecified atom stereocenters. The zero-order chi connectivity index (χ0) is 19.9. The molecule has 1 aromatic carbocycles. The number of aliphatic hydroxyl groups excluding tert-OH is 1. The fourth-order valence-corrected chi connectivity index (χ4v) is 3.14. The maximum atomic E-state index is 13.0. The number of hydrogen-bond acceptors (Lipinski definition) is 6. The van der Waals surface area contributed by atoms with Crippen molar-refractivity contribution in [3.63, 3.8) is 0 Å². The maximum absolute atomic E-state index is 13.0. The Balaban J connectivity index is 1.80. The number of anilines is 3. The molecule has 0 radical (unpaired) electrons. The van der Waals surface area contributed by atoms with Crippen LogP contribution in [0.2, 0.25) is 0 Å². The lowest BCUT2D eigenvalue weighted by atomic mass is 10.2. The summed E-state index contributed by atoms with van der Waals surface area (Å²) in [6.07, 6.45) is -2.99. The fourth-order valence-electron chi connectivity index (χ4n) is 3.14. The number of fused-ring (bicyclic) bond motifs is 1. The minimum Gasteiger partial charge on any atom is -0.391 e. The van der Waals surface area contributed by atoms with Gasteiger partial charge in [-0.2, -0.15) is 18.2 Å². The molecule has 0 aliphatic carbocycles. The van der Waals surface area contributed by atoms with Gasteiger partial charge in [-0.1, -0.05) is 6.07 Å². The zero-order valence-corrected chi connectivity index (χ0v) is 14.5. The Hall–Kier alpha value is -3.14. The normalized spacial score (nSPS) is 17.3. The molecule has 0 bridgehead atoms. The molecule has 1 saturated heterocycles. The standard InChI is InChI=1S/C18H16F3N5O2/c19-18(20,21)10-2-1-3-11(8-10)23-15-14-13(4-6-22-16(14)28)24-17(25-15)26-7-5-12(27)9-26/h1-4,6,8,12,27H,5,7,9H2,(H,22,28)(H,23,24,25)/t12-/m1/s1. The summed E-state index contributed by atoms with van der Waals surface area (Å²) >= 11 is 0. The van der Waals surface area contributed by atoms with Crippen molar-refractivity contribution in [2.24, 2.45) is 0 Å². The number of rotatable bonds is 3. The number of aromatic nitrogens is 3. The van der Waals surface area contributed by atoms with Crippen molar-refractivity contribution in [1.29, 1.82) is 0 Å². The van der Waals surface area contributed by atoms with Gasteiger partial charge in [-0.05, 0) is 30.7 Å². The van der Waals surface area contributed by atoms with Gasteiger partial charge >= 0.3 is 6.18 Å². The van der Waals surface area contributed by atoms with Gasteiger partial charge in [0.15, 0.2) is 0 Å². The number of benzene rings is 1. The second-order valence-corrected chi connectivity index (χ2v) is 6.53. The summed E-state index contributed by atoms with van der Waals surface area (Å²) in [5, 5.41) is 12.7. The number of pyridine rings is 1. The Morgan fingerprint density at radius 2 is 2.07 bits per heavy atom. The van der Waals surface area contributed by atoms with E-state index in [9.17, 15) is 23.1 Å². The number of H-pyrrole nitrogens is 1. The quantitative estimate of drug-likeness (QED) is 0.636. The molecule has 0 saturated carbocycles. The highest BCUT2D eigenvalue weighted by Crippen LogP contribution is 2.32. The van der Waals surface area contributed by atoms with Crippen molar-refractivity contribution in [2.45, 2.75) is 18.7 Å². The molecule has 0 amide bonds. The summed E-state index contributed by atoms with van der Waals surface area (Å²) in [5.41, 5.74) is -0.775. The van der Waals surface area contributed by atoms with Gasteiger partial charge < -0.3 is 20.3 Å². The number of alkyl halides is 3. The van der Waals surface area contributed by atoms with E-state index in [1.807, 2.05) is 0 Å². The summed E-state index contributed by atoms with van der Waals surface area (Å²) < 4.78 is 39.0. The smallest absolute Gasteiger partial charge is 0.391 e. The van der Waals surface area contributed by atoms with Gasteiger partial charge in [0.05, 0.1) is 17.2 Å². The van der Waals surface area contributed by atoms with Crippen LogP contribution in [0.3, 0.4) is 0 Å². The predicted molar refractivity (Wildman–Crippen MR) is 97.7 cm³/mol. The predicted octanol–water partition coefficient (Wildman–Crippen LogP) is 2.65. The van der Waals surface area contributed by atoms with Crippen LogP contribution in [0, 0.1) is 0 Å². The van der Waals surface area contributed by atoms with E-state index in [4.69, 9.17) is 0 Å². The van der Waals surface area contributed by atoms with E-state index in [0.29, 0.717) is 31.0 Å². The molecule has 1 aliphatic rings. The third-order valence-electron chi connectivity index (χ3n) is 4.51. The minimum absolute atomic E-state index is 0.0996. The molecule has 1 aliphatic heterocycles. The van der Waals surface area contributed by atoms with Crippen molar-refractivity contribution in [1.82, 2.24) is 15.0 Å². The van der Waals surface area contributed by atoms with Crippen LogP contribution in [0.5, 0.6) is 0 Å². The summed E-state index contributed by atoms with van der Waals surface area (Å²) in [5.74, 6) is 0.395. The first kappa shape index (κ1) is 18.2. The highest BCUT2D eigenvalue weighted by atomic mass is 19.4. The Bertz CT molecular complexity index is 1080. The van der Waals surface area contributed by atoms with E-state index in [0.717, 1.165) is 12.1 Å². The number of β-amino-alcohol motifs (C(OH)–C–C–N with tert-alkyl or cyclic N) is 1. The average Bonchev–Trinajstić information content (AvgIpc) is 3.07. The number of nitrogens with zero attached hydrogens (tertiary/aromatic N) is 3. The molecule has 4 rings (SSSR count). The lowest BCUT2D eigenvalue weighted by Gasteiger charge is -2.18. The lowest BCUT2D eigenvalue weighted by molar-refractivity contribution is -0.137. The molecule has 28 heavy (non-hydrogen) atoms. The fraction of sp³-hybridized carbons (Fsp3) is 0.278. The molecule has 1 atom stereocenters. The molecule has 1 fully saturated rings. The van der Waals surface area contributed by atoms with Gasteiger partial charge in [0, 0.05) is 25.0 Å². The van der Waals surface area contributed by atoms with Gasteiger partial charge in [0.1, 0.15) is 11.2 Å². The van der Waals surface area contributed by atoms with Gasteiger partial charge in [-0.3, -0.25) is 4.79 Å². The molecule has 0 spiro atoms. The van der Waals surface area contributed by atoms with E-state index in [2.05, 4.69) is 20.3 Å². The largest absolute Gasteiger partial charge is 0.416 e. The van der Waals surface area contributed by atoms with Crippen molar-refractivity contribution in [3.05, 3.63) is 52.4 Å². The minimum atomic E-state index is -4.49. The van der Waals surface area contributed by atoms with Gasteiger partial charge in [-0.25, -0.2) is 4.98 Å². The summed E-state index contributed by atoms with van der Waals surface area (Å²) in [7, 11) is 0. The zero-order valence-electron chi connectivity index (χ0n) is 14.5. The molecule has 3 heterocycles. The second kappa shape index (κ2) is 6.79. The van der Waals surface area contributed by atoms with Crippen molar-refractivity contribution >= 4 is 28.4 Å². The summed E-state index contributed by atoms with van der Waals surface area (Å²) in [4.78, 5) is 25.3. The number of hydrogen-bond donors (Lipinski definition) is 3. The average molecular weight is 391 g/mol. The molecule has 2 aromatic heterocycles. The summed E-state index contributed by atoms with van der Waals surface area (Å²) in [6.45, 7) is 0.885. The molecule has 10 heteroatoms. The van der Waals surface area contributed by atoms with Crippen molar-refractivity contribution in [2.75, 3.05) is 23.3 Å². The van der Waals surface area contributed by atoms with E-state index >= 15 is 0 Å². The van der Waals surface area contributed by atoms with Crippen LogP contribution in [-0.2, 0) is 6.18 Å². The van der Waals surface area contributed by atoms with Gasteiger partial charge in [0.2, 0.25) is 5.95 Å². The van der Waals surface area contributed by atoms with Crippen LogP contribution >= 0.6 is 0 Å². The number of aliphatic hydroxyl groups is 1. The van der Waals surface area contributed by atoms with E-state index in [1.54, 1.807) is 11.0 Å². The SMILES string of the molecule is O=c1[nH]ccc2nc(N3CC[C@@H](O)C3)nc(Nc3cccc(C(F)(F)F)c3)c12. The highest BCUT2D eigenvalue weighted by molar-refractivity contribution is 5.91. The van der Waals surface area contributed by atoms with Gasteiger partial charge in [-0.15, -0.1) is 0 Å². The summed E-state index contributed by atoms with van der Waals surface area (Å²) in [6, 6.07) is 6.24.